The zero-order chi connectivity index (χ0) is 6.85. The van der Waals surface area contributed by atoms with Crippen LogP contribution in [0.25, 0.3) is 0 Å². The van der Waals surface area contributed by atoms with Gasteiger partial charge in [0.15, 0.2) is 0 Å². The van der Waals surface area contributed by atoms with Gasteiger partial charge in [0.25, 0.3) is 0 Å². The molecule has 0 saturated carbocycles. The van der Waals surface area contributed by atoms with E-state index in [1.807, 2.05) is 19.9 Å². The second-order valence-electron chi connectivity index (χ2n) is 2.19. The maximum absolute atomic E-state index is 8.85. The Bertz CT molecular complexity index is 220. The molecule has 0 aromatic carbocycles. The lowest BCUT2D eigenvalue weighted by atomic mass is 10.2. The molecule has 0 aliphatic carbocycles. The molecule has 1 aromatic rings. The van der Waals surface area contributed by atoms with Crippen molar-refractivity contribution >= 4 is 0 Å². The Morgan fingerprint density at radius 3 is 2.44 bits per heavy atom. The normalized spacial score (nSPS) is 9.56. The predicted molar refractivity (Wildman–Crippen MR) is 33.3 cm³/mol. The van der Waals surface area contributed by atoms with Gasteiger partial charge in [-0.05, 0) is 19.4 Å². The molecule has 9 heavy (non-hydrogen) atoms. The number of aryl methyl sites for hydroxylation is 2. The van der Waals surface area contributed by atoms with E-state index in [9.17, 15) is 0 Å². The third kappa shape index (κ3) is 1.19. The molecule has 0 aliphatic heterocycles. The third-order valence-corrected chi connectivity index (χ3v) is 1.43. The maximum Gasteiger partial charge on any atom is 0.225 e. The highest BCUT2D eigenvalue weighted by Gasteiger charge is 1.97. The lowest BCUT2D eigenvalue weighted by Crippen LogP contribution is -2.28. The van der Waals surface area contributed by atoms with E-state index in [-0.39, 0.29) is 0 Å². The smallest absolute Gasteiger partial charge is 0.225 e. The van der Waals surface area contributed by atoms with Crippen LogP contribution in [0.4, 0.5) is 0 Å². The van der Waals surface area contributed by atoms with E-state index in [2.05, 4.69) is 0 Å². The zero-order valence-corrected chi connectivity index (χ0v) is 5.63. The summed E-state index contributed by atoms with van der Waals surface area (Å²) in [6.07, 6.45) is 3.29. The lowest BCUT2D eigenvalue weighted by Gasteiger charge is -1.91. The molecule has 0 spiro atoms. The van der Waals surface area contributed by atoms with Crippen molar-refractivity contribution in [2.45, 2.75) is 13.8 Å². The van der Waals surface area contributed by atoms with Crippen LogP contribution in [-0.4, -0.2) is 5.21 Å². The fourth-order valence-electron chi connectivity index (χ4n) is 0.663. The minimum atomic E-state index is 1.06. The number of hydrogen-bond donors (Lipinski definition) is 1. The number of hydrogen-bond acceptors (Lipinski definition) is 1. The summed E-state index contributed by atoms with van der Waals surface area (Å²) in [5.41, 5.74) is 2.29. The summed E-state index contributed by atoms with van der Waals surface area (Å²) < 4.78 is 1.06. The molecule has 0 unspecified atom stereocenters. The second-order valence-corrected chi connectivity index (χ2v) is 2.19. The van der Waals surface area contributed by atoms with Gasteiger partial charge >= 0.3 is 0 Å². The maximum atomic E-state index is 8.85. The molecule has 1 rings (SSSR count). The van der Waals surface area contributed by atoms with Gasteiger partial charge in [0, 0.05) is 16.4 Å². The molecule has 1 heterocycles. The molecule has 0 saturated heterocycles. The molecule has 48 valence electrons. The van der Waals surface area contributed by atoms with Crippen LogP contribution in [0.5, 0.6) is 0 Å². The summed E-state index contributed by atoms with van der Waals surface area (Å²) in [4.78, 5) is 0. The van der Waals surface area contributed by atoms with Gasteiger partial charge in [-0.1, -0.05) is 0 Å². The van der Waals surface area contributed by atoms with Gasteiger partial charge in [0.05, 0.1) is 0 Å². The molecule has 1 aromatic heterocycles. The standard InChI is InChI=1S/C7H10NO/c1-6-3-4-8(9)5-7(6)2/h3-5,9H,1-2H3/q+1. The average Bonchev–Trinajstić information content (AvgIpc) is 1.80. The fraction of sp³-hybridized carbons (Fsp3) is 0.286. The van der Waals surface area contributed by atoms with Crippen molar-refractivity contribution in [1.29, 1.82) is 0 Å². The van der Waals surface area contributed by atoms with Gasteiger partial charge in [-0.15, -0.1) is 0 Å². The number of nitrogens with zero attached hydrogens (tertiary/aromatic N) is 1. The van der Waals surface area contributed by atoms with Crippen molar-refractivity contribution in [1.82, 2.24) is 0 Å². The van der Waals surface area contributed by atoms with Gasteiger partial charge in [-0.25, -0.2) is 0 Å². The third-order valence-electron chi connectivity index (χ3n) is 1.43. The van der Waals surface area contributed by atoms with E-state index >= 15 is 0 Å². The van der Waals surface area contributed by atoms with Crippen LogP contribution in [0.15, 0.2) is 18.5 Å². The van der Waals surface area contributed by atoms with Crippen LogP contribution >= 0.6 is 0 Å². The van der Waals surface area contributed by atoms with Crippen molar-refractivity contribution in [3.63, 3.8) is 0 Å². The summed E-state index contributed by atoms with van der Waals surface area (Å²) in [5.74, 6) is 0. The monoisotopic (exact) mass is 124 g/mol. The predicted octanol–water partition coefficient (Wildman–Crippen LogP) is 0.828. The summed E-state index contributed by atoms with van der Waals surface area (Å²) in [5, 5.41) is 8.85. The van der Waals surface area contributed by atoms with Gasteiger partial charge in [-0.3, -0.25) is 5.21 Å². The van der Waals surface area contributed by atoms with Crippen molar-refractivity contribution in [3.05, 3.63) is 29.6 Å². The Morgan fingerprint density at radius 1 is 1.33 bits per heavy atom. The first-order valence-corrected chi connectivity index (χ1v) is 2.88. The number of pyridine rings is 1. The topological polar surface area (TPSA) is 24.1 Å². The summed E-state index contributed by atoms with van der Waals surface area (Å²) >= 11 is 0. The molecule has 1 N–H and O–H groups in total. The van der Waals surface area contributed by atoms with E-state index < -0.39 is 0 Å². The molecule has 0 bridgehead atoms. The Hall–Kier alpha value is -1.05. The van der Waals surface area contributed by atoms with Crippen molar-refractivity contribution < 1.29 is 9.94 Å². The highest BCUT2D eigenvalue weighted by atomic mass is 16.5. The van der Waals surface area contributed by atoms with Crippen molar-refractivity contribution in [3.8, 4) is 0 Å². The first-order valence-electron chi connectivity index (χ1n) is 2.88. The highest BCUT2D eigenvalue weighted by Crippen LogP contribution is 1.98. The zero-order valence-electron chi connectivity index (χ0n) is 5.63. The quantitative estimate of drug-likeness (QED) is 0.402. The molecule has 2 nitrogen and oxygen atoms in total. The molecule has 0 radical (unpaired) electrons. The van der Waals surface area contributed by atoms with E-state index in [4.69, 9.17) is 5.21 Å². The van der Waals surface area contributed by atoms with Crippen LogP contribution in [0.1, 0.15) is 11.1 Å². The summed E-state index contributed by atoms with van der Waals surface area (Å²) in [6, 6.07) is 1.87. The first kappa shape index (κ1) is 6.08. The minimum Gasteiger partial charge on any atom is -0.285 e. The lowest BCUT2D eigenvalue weighted by molar-refractivity contribution is -0.905. The Morgan fingerprint density at radius 2 is 2.00 bits per heavy atom. The molecule has 0 amide bonds. The minimum absolute atomic E-state index is 1.06. The van der Waals surface area contributed by atoms with E-state index in [0.717, 1.165) is 10.3 Å². The van der Waals surface area contributed by atoms with Crippen molar-refractivity contribution in [2.75, 3.05) is 0 Å². The molecule has 0 aliphatic rings. The van der Waals surface area contributed by atoms with Gasteiger partial charge in [0.2, 0.25) is 12.4 Å². The van der Waals surface area contributed by atoms with Gasteiger partial charge < -0.3 is 0 Å². The molecular weight excluding hydrogens is 114 g/mol. The Kier molecular flexibility index (Phi) is 1.39. The second kappa shape index (κ2) is 2.05. The number of aromatic nitrogens is 1. The Labute approximate surface area is 54.3 Å². The molecular formula is C7H10NO+. The molecule has 0 fully saturated rings. The van der Waals surface area contributed by atoms with Crippen molar-refractivity contribution in [2.24, 2.45) is 0 Å². The van der Waals surface area contributed by atoms with Crippen LogP contribution in [-0.2, 0) is 0 Å². The molecule has 0 atom stereocenters. The first-order chi connectivity index (χ1) is 4.20. The van der Waals surface area contributed by atoms with E-state index in [0.29, 0.717) is 0 Å². The van der Waals surface area contributed by atoms with Crippen LogP contribution in [0.2, 0.25) is 0 Å². The largest absolute Gasteiger partial charge is 0.285 e. The van der Waals surface area contributed by atoms with Crippen LogP contribution in [0, 0.1) is 13.8 Å². The average molecular weight is 124 g/mol. The van der Waals surface area contributed by atoms with Crippen LogP contribution in [0.3, 0.4) is 0 Å². The van der Waals surface area contributed by atoms with Gasteiger partial charge in [0.1, 0.15) is 0 Å². The Balaban J connectivity index is 3.17. The van der Waals surface area contributed by atoms with E-state index in [1.54, 1.807) is 12.4 Å². The SMILES string of the molecule is Cc1cc[n+](O)cc1C. The van der Waals surface area contributed by atoms with E-state index in [1.165, 1.54) is 5.56 Å². The molecule has 2 heteroatoms. The summed E-state index contributed by atoms with van der Waals surface area (Å²) in [6.45, 7) is 3.97. The number of rotatable bonds is 0. The highest BCUT2D eigenvalue weighted by molar-refractivity contribution is 5.16. The summed E-state index contributed by atoms with van der Waals surface area (Å²) in [7, 11) is 0. The fourth-order valence-corrected chi connectivity index (χ4v) is 0.663. The van der Waals surface area contributed by atoms with Crippen LogP contribution < -0.4 is 4.73 Å². The van der Waals surface area contributed by atoms with Gasteiger partial charge in [-0.2, -0.15) is 0 Å².